The highest BCUT2D eigenvalue weighted by Crippen LogP contribution is 2.18. The number of carbonyl (C=O) groups is 1. The van der Waals surface area contributed by atoms with Crippen LogP contribution < -0.4 is 5.73 Å². The fourth-order valence-corrected chi connectivity index (χ4v) is 2.18. The Hall–Kier alpha value is -0.610. The standard InChI is InChI=1S/C12H25N3O/c1-10(2)14(3)9-11-6-4-5-7-15(11)12(16)8-13/h10-11H,4-9,13H2,1-3H3/t11-/m1/s1. The second-order valence-corrected chi connectivity index (χ2v) is 4.97. The molecule has 1 atom stereocenters. The average Bonchev–Trinajstić information content (AvgIpc) is 2.28. The summed E-state index contributed by atoms with van der Waals surface area (Å²) in [7, 11) is 2.12. The Bertz CT molecular complexity index is 230. The summed E-state index contributed by atoms with van der Waals surface area (Å²) in [6.07, 6.45) is 3.46. The zero-order valence-electron chi connectivity index (χ0n) is 10.8. The first-order chi connectivity index (χ1) is 7.56. The van der Waals surface area contributed by atoms with E-state index < -0.39 is 0 Å². The van der Waals surface area contributed by atoms with Crippen molar-refractivity contribution in [3.8, 4) is 0 Å². The van der Waals surface area contributed by atoms with Gasteiger partial charge in [-0.05, 0) is 40.2 Å². The predicted octanol–water partition coefficient (Wildman–Crippen LogP) is 0.666. The molecule has 0 aromatic rings. The van der Waals surface area contributed by atoms with E-state index in [2.05, 4.69) is 25.8 Å². The number of rotatable bonds is 4. The Balaban J connectivity index is 2.56. The van der Waals surface area contributed by atoms with E-state index in [9.17, 15) is 4.79 Å². The molecular formula is C12H25N3O. The van der Waals surface area contributed by atoms with Crippen LogP contribution in [0, 0.1) is 0 Å². The highest BCUT2D eigenvalue weighted by atomic mass is 16.2. The summed E-state index contributed by atoms with van der Waals surface area (Å²) >= 11 is 0. The topological polar surface area (TPSA) is 49.6 Å². The molecule has 1 aliphatic rings. The maximum Gasteiger partial charge on any atom is 0.236 e. The van der Waals surface area contributed by atoms with Crippen LogP contribution in [0.2, 0.25) is 0 Å². The number of hydrogen-bond acceptors (Lipinski definition) is 3. The van der Waals surface area contributed by atoms with Crippen molar-refractivity contribution >= 4 is 5.91 Å². The molecule has 1 rings (SSSR count). The summed E-state index contributed by atoms with van der Waals surface area (Å²) in [6, 6.07) is 0.883. The summed E-state index contributed by atoms with van der Waals surface area (Å²) in [4.78, 5) is 16.0. The maximum atomic E-state index is 11.7. The monoisotopic (exact) mass is 227 g/mol. The molecule has 1 aliphatic heterocycles. The summed E-state index contributed by atoms with van der Waals surface area (Å²) in [5.74, 6) is 0.0989. The van der Waals surface area contributed by atoms with Gasteiger partial charge in [-0.25, -0.2) is 0 Å². The second-order valence-electron chi connectivity index (χ2n) is 4.97. The number of likely N-dealkylation sites (tertiary alicyclic amines) is 1. The van der Waals surface area contributed by atoms with Crippen LogP contribution in [0.15, 0.2) is 0 Å². The van der Waals surface area contributed by atoms with Crippen LogP contribution in [0.3, 0.4) is 0 Å². The van der Waals surface area contributed by atoms with Gasteiger partial charge in [0.25, 0.3) is 0 Å². The van der Waals surface area contributed by atoms with E-state index in [-0.39, 0.29) is 12.5 Å². The lowest BCUT2D eigenvalue weighted by Gasteiger charge is -2.38. The van der Waals surface area contributed by atoms with E-state index >= 15 is 0 Å². The zero-order chi connectivity index (χ0) is 12.1. The highest BCUT2D eigenvalue weighted by molar-refractivity contribution is 5.78. The second kappa shape index (κ2) is 6.21. The van der Waals surface area contributed by atoms with E-state index in [0.717, 1.165) is 25.9 Å². The number of likely N-dealkylation sites (N-methyl/N-ethyl adjacent to an activating group) is 1. The highest BCUT2D eigenvalue weighted by Gasteiger charge is 2.26. The third-order valence-corrected chi connectivity index (χ3v) is 3.50. The lowest BCUT2D eigenvalue weighted by molar-refractivity contribution is -0.133. The predicted molar refractivity (Wildman–Crippen MR) is 66.2 cm³/mol. The van der Waals surface area contributed by atoms with E-state index in [0.29, 0.717) is 12.1 Å². The van der Waals surface area contributed by atoms with Gasteiger partial charge in [-0.1, -0.05) is 0 Å². The van der Waals surface area contributed by atoms with E-state index in [1.165, 1.54) is 6.42 Å². The largest absolute Gasteiger partial charge is 0.337 e. The van der Waals surface area contributed by atoms with Crippen LogP contribution in [0.25, 0.3) is 0 Å². The van der Waals surface area contributed by atoms with Crippen LogP contribution in [0.4, 0.5) is 0 Å². The van der Waals surface area contributed by atoms with Crippen LogP contribution in [0.5, 0.6) is 0 Å². The number of nitrogens with two attached hydrogens (primary N) is 1. The summed E-state index contributed by atoms with van der Waals surface area (Å²) in [5.41, 5.74) is 5.45. The number of piperidine rings is 1. The lowest BCUT2D eigenvalue weighted by atomic mass is 10.0. The van der Waals surface area contributed by atoms with Crippen molar-refractivity contribution in [2.75, 3.05) is 26.7 Å². The van der Waals surface area contributed by atoms with Crippen LogP contribution in [-0.4, -0.2) is 54.5 Å². The quantitative estimate of drug-likeness (QED) is 0.768. The number of carbonyl (C=O) groups excluding carboxylic acids is 1. The van der Waals surface area contributed by atoms with Gasteiger partial charge in [0.2, 0.25) is 5.91 Å². The third kappa shape index (κ3) is 3.46. The first-order valence-electron chi connectivity index (χ1n) is 6.26. The van der Waals surface area contributed by atoms with Crippen LogP contribution in [0.1, 0.15) is 33.1 Å². The molecule has 1 amide bonds. The van der Waals surface area contributed by atoms with Crippen LogP contribution >= 0.6 is 0 Å². The molecule has 4 heteroatoms. The van der Waals surface area contributed by atoms with Gasteiger partial charge in [0.1, 0.15) is 0 Å². The van der Waals surface area contributed by atoms with Gasteiger partial charge in [-0.15, -0.1) is 0 Å². The molecule has 4 nitrogen and oxygen atoms in total. The van der Waals surface area contributed by atoms with Crippen molar-refractivity contribution in [2.45, 2.75) is 45.2 Å². The first-order valence-corrected chi connectivity index (χ1v) is 6.26. The number of amides is 1. The zero-order valence-corrected chi connectivity index (χ0v) is 10.8. The Morgan fingerprint density at radius 3 is 2.75 bits per heavy atom. The Morgan fingerprint density at radius 2 is 2.19 bits per heavy atom. The first kappa shape index (κ1) is 13.5. The molecular weight excluding hydrogens is 202 g/mol. The fraction of sp³-hybridized carbons (Fsp3) is 0.917. The third-order valence-electron chi connectivity index (χ3n) is 3.50. The van der Waals surface area contributed by atoms with Crippen molar-refractivity contribution in [2.24, 2.45) is 5.73 Å². The van der Waals surface area contributed by atoms with E-state index in [1.807, 2.05) is 4.90 Å². The normalized spacial score (nSPS) is 21.9. The maximum absolute atomic E-state index is 11.7. The summed E-state index contributed by atoms with van der Waals surface area (Å²) in [5, 5.41) is 0. The van der Waals surface area contributed by atoms with Crippen molar-refractivity contribution in [1.82, 2.24) is 9.80 Å². The molecule has 0 aliphatic carbocycles. The lowest BCUT2D eigenvalue weighted by Crippen LogP contribution is -2.51. The minimum Gasteiger partial charge on any atom is -0.337 e. The molecule has 0 saturated carbocycles. The number of nitrogens with zero attached hydrogens (tertiary/aromatic N) is 2. The Labute approximate surface area is 98.8 Å². The molecule has 0 radical (unpaired) electrons. The molecule has 16 heavy (non-hydrogen) atoms. The fourth-order valence-electron chi connectivity index (χ4n) is 2.18. The van der Waals surface area contributed by atoms with Gasteiger partial charge in [0, 0.05) is 25.2 Å². The molecule has 0 aromatic heterocycles. The molecule has 1 fully saturated rings. The molecule has 94 valence electrons. The molecule has 0 spiro atoms. The smallest absolute Gasteiger partial charge is 0.236 e. The summed E-state index contributed by atoms with van der Waals surface area (Å²) < 4.78 is 0. The molecule has 0 bridgehead atoms. The van der Waals surface area contributed by atoms with Gasteiger partial charge in [0.05, 0.1) is 6.54 Å². The average molecular weight is 227 g/mol. The van der Waals surface area contributed by atoms with Gasteiger partial charge < -0.3 is 15.5 Å². The summed E-state index contributed by atoms with van der Waals surface area (Å²) in [6.45, 7) is 6.34. The van der Waals surface area contributed by atoms with Gasteiger partial charge in [0.15, 0.2) is 0 Å². The van der Waals surface area contributed by atoms with Gasteiger partial charge in [-0.3, -0.25) is 4.79 Å². The van der Waals surface area contributed by atoms with Gasteiger partial charge in [-0.2, -0.15) is 0 Å². The van der Waals surface area contributed by atoms with Crippen molar-refractivity contribution in [3.63, 3.8) is 0 Å². The molecule has 1 saturated heterocycles. The minimum absolute atomic E-state index is 0.0989. The van der Waals surface area contributed by atoms with E-state index in [4.69, 9.17) is 5.73 Å². The van der Waals surface area contributed by atoms with Gasteiger partial charge >= 0.3 is 0 Å². The van der Waals surface area contributed by atoms with Crippen LogP contribution in [-0.2, 0) is 4.79 Å². The molecule has 0 aromatic carbocycles. The molecule has 2 N–H and O–H groups in total. The van der Waals surface area contributed by atoms with Crippen molar-refractivity contribution in [1.29, 1.82) is 0 Å². The molecule has 1 heterocycles. The van der Waals surface area contributed by atoms with Crippen molar-refractivity contribution < 1.29 is 4.79 Å². The van der Waals surface area contributed by atoms with E-state index in [1.54, 1.807) is 0 Å². The molecule has 0 unspecified atom stereocenters. The van der Waals surface area contributed by atoms with Crippen molar-refractivity contribution in [3.05, 3.63) is 0 Å². The Morgan fingerprint density at radius 1 is 1.50 bits per heavy atom. The Kier molecular flexibility index (Phi) is 5.22. The SMILES string of the molecule is CC(C)N(C)C[C@H]1CCCCN1C(=O)CN. The number of hydrogen-bond donors (Lipinski definition) is 1. The minimum atomic E-state index is 0.0989.